The summed E-state index contributed by atoms with van der Waals surface area (Å²) in [5, 5.41) is 14.1. The molecule has 0 aromatic carbocycles. The van der Waals surface area contributed by atoms with E-state index in [-0.39, 0.29) is 12.5 Å². The maximum absolute atomic E-state index is 11.6. The van der Waals surface area contributed by atoms with Gasteiger partial charge in [-0.05, 0) is 18.9 Å². The number of nitrogens with one attached hydrogen (secondary N) is 2. The van der Waals surface area contributed by atoms with E-state index in [1.807, 2.05) is 0 Å². The first-order chi connectivity index (χ1) is 9.61. The summed E-state index contributed by atoms with van der Waals surface area (Å²) in [6.07, 6.45) is 2.60. The van der Waals surface area contributed by atoms with E-state index >= 15 is 0 Å². The minimum atomic E-state index is -0.0623. The molecule has 1 rings (SSSR count). The molecule has 0 radical (unpaired) electrons. The largest absolute Gasteiger partial charge is 0.385 e. The molecule has 1 heterocycles. The van der Waals surface area contributed by atoms with Gasteiger partial charge < -0.3 is 15.4 Å². The van der Waals surface area contributed by atoms with Crippen LogP contribution in [0.4, 0.5) is 0 Å². The molecule has 7 heteroatoms. The van der Waals surface area contributed by atoms with Crippen LogP contribution in [0.15, 0.2) is 6.20 Å². The lowest BCUT2D eigenvalue weighted by atomic mass is 10.2. The van der Waals surface area contributed by atoms with E-state index in [1.165, 1.54) is 0 Å². The lowest BCUT2D eigenvalue weighted by Crippen LogP contribution is -2.29. The summed E-state index contributed by atoms with van der Waals surface area (Å²) in [6.45, 7) is 7.37. The van der Waals surface area contributed by atoms with E-state index in [0.29, 0.717) is 25.6 Å². The topological polar surface area (TPSA) is 81.1 Å². The Bertz CT molecular complexity index is 392. The zero-order valence-corrected chi connectivity index (χ0v) is 12.6. The van der Waals surface area contributed by atoms with Gasteiger partial charge in [0.15, 0.2) is 0 Å². The molecule has 0 fully saturated rings. The van der Waals surface area contributed by atoms with Gasteiger partial charge in [-0.2, -0.15) is 0 Å². The quantitative estimate of drug-likeness (QED) is 0.599. The second-order valence-corrected chi connectivity index (χ2v) is 5.13. The molecule has 1 amide bonds. The Morgan fingerprint density at radius 1 is 1.50 bits per heavy atom. The number of hydrogen-bond donors (Lipinski definition) is 2. The molecule has 2 N–H and O–H groups in total. The molecule has 0 unspecified atom stereocenters. The van der Waals surface area contributed by atoms with Crippen molar-refractivity contribution in [1.29, 1.82) is 0 Å². The number of aromatic nitrogens is 3. The molecule has 0 aliphatic rings. The van der Waals surface area contributed by atoms with Crippen LogP contribution in [-0.2, 0) is 22.6 Å². The summed E-state index contributed by atoms with van der Waals surface area (Å²) >= 11 is 0. The molecular formula is C13H25N5O2. The summed E-state index contributed by atoms with van der Waals surface area (Å²) < 4.78 is 6.47. The van der Waals surface area contributed by atoms with Crippen molar-refractivity contribution in [2.24, 2.45) is 5.92 Å². The van der Waals surface area contributed by atoms with Crippen molar-refractivity contribution in [2.45, 2.75) is 33.4 Å². The van der Waals surface area contributed by atoms with Gasteiger partial charge >= 0.3 is 0 Å². The third-order valence-corrected chi connectivity index (χ3v) is 2.60. The Morgan fingerprint density at radius 3 is 3.00 bits per heavy atom. The fourth-order valence-corrected chi connectivity index (χ4v) is 1.63. The monoisotopic (exact) mass is 283 g/mol. The zero-order chi connectivity index (χ0) is 14.8. The molecule has 0 spiro atoms. The zero-order valence-electron chi connectivity index (χ0n) is 12.6. The van der Waals surface area contributed by atoms with Crippen molar-refractivity contribution in [3.8, 4) is 0 Å². The van der Waals surface area contributed by atoms with E-state index in [1.54, 1.807) is 18.0 Å². The smallest absolute Gasteiger partial charge is 0.241 e. The van der Waals surface area contributed by atoms with Crippen molar-refractivity contribution in [2.75, 3.05) is 26.8 Å². The Kier molecular flexibility index (Phi) is 7.82. The minimum Gasteiger partial charge on any atom is -0.385 e. The third kappa shape index (κ3) is 7.20. The summed E-state index contributed by atoms with van der Waals surface area (Å²) in [6, 6.07) is 0. The molecule has 0 aliphatic carbocycles. The number of carbonyl (C=O) groups is 1. The van der Waals surface area contributed by atoms with Crippen molar-refractivity contribution < 1.29 is 9.53 Å². The van der Waals surface area contributed by atoms with Crippen LogP contribution in [0.1, 0.15) is 26.0 Å². The number of nitrogens with zero attached hydrogens (tertiary/aromatic N) is 3. The molecule has 114 valence electrons. The van der Waals surface area contributed by atoms with Gasteiger partial charge in [0, 0.05) is 26.8 Å². The Morgan fingerprint density at radius 2 is 2.30 bits per heavy atom. The molecule has 0 aliphatic heterocycles. The predicted octanol–water partition coefficient (Wildman–Crippen LogP) is 0.176. The lowest BCUT2D eigenvalue weighted by Gasteiger charge is -2.05. The molecular weight excluding hydrogens is 258 g/mol. The van der Waals surface area contributed by atoms with Crippen LogP contribution in [0.3, 0.4) is 0 Å². The van der Waals surface area contributed by atoms with Gasteiger partial charge in [0.1, 0.15) is 6.54 Å². The van der Waals surface area contributed by atoms with Gasteiger partial charge in [0.2, 0.25) is 5.91 Å². The first-order valence-corrected chi connectivity index (χ1v) is 6.97. The molecule has 20 heavy (non-hydrogen) atoms. The fraction of sp³-hybridized carbons (Fsp3) is 0.769. The summed E-state index contributed by atoms with van der Waals surface area (Å²) in [5.74, 6) is 0.538. The minimum absolute atomic E-state index is 0.0623. The fourth-order valence-electron chi connectivity index (χ4n) is 1.63. The van der Waals surface area contributed by atoms with Gasteiger partial charge in [-0.15, -0.1) is 5.10 Å². The van der Waals surface area contributed by atoms with E-state index in [4.69, 9.17) is 4.74 Å². The molecule has 0 saturated heterocycles. The highest BCUT2D eigenvalue weighted by Crippen LogP contribution is 1.94. The average molecular weight is 283 g/mol. The number of ether oxygens (including phenoxy) is 1. The highest BCUT2D eigenvalue weighted by molar-refractivity contribution is 5.75. The van der Waals surface area contributed by atoms with Gasteiger partial charge in [-0.3, -0.25) is 4.79 Å². The lowest BCUT2D eigenvalue weighted by molar-refractivity contribution is -0.121. The molecule has 1 aromatic rings. The van der Waals surface area contributed by atoms with E-state index < -0.39 is 0 Å². The van der Waals surface area contributed by atoms with E-state index in [9.17, 15) is 4.79 Å². The number of methoxy groups -OCH3 is 1. The second-order valence-electron chi connectivity index (χ2n) is 5.13. The van der Waals surface area contributed by atoms with Crippen LogP contribution in [0.25, 0.3) is 0 Å². The second kappa shape index (κ2) is 9.44. The van der Waals surface area contributed by atoms with Gasteiger partial charge in [-0.25, -0.2) is 4.68 Å². The summed E-state index contributed by atoms with van der Waals surface area (Å²) in [5.41, 5.74) is 0.845. The molecule has 0 atom stereocenters. The van der Waals surface area contributed by atoms with Crippen LogP contribution in [-0.4, -0.2) is 47.7 Å². The van der Waals surface area contributed by atoms with Crippen LogP contribution < -0.4 is 10.6 Å². The Balaban J connectivity index is 2.23. The van der Waals surface area contributed by atoms with Crippen molar-refractivity contribution in [3.05, 3.63) is 11.9 Å². The molecule has 0 saturated carbocycles. The number of carbonyl (C=O) groups excluding carboxylic acids is 1. The number of rotatable bonds is 10. The third-order valence-electron chi connectivity index (χ3n) is 2.60. The van der Waals surface area contributed by atoms with E-state index in [2.05, 4.69) is 34.8 Å². The SMILES string of the molecule is COCCCNC(=O)Cn1cc(CNCC(C)C)nn1. The standard InChI is InChI=1S/C13H25N5O2/c1-11(2)7-14-8-12-9-18(17-16-12)10-13(19)15-5-4-6-20-3/h9,11,14H,4-8,10H2,1-3H3,(H,15,19). The van der Waals surface area contributed by atoms with Crippen molar-refractivity contribution >= 4 is 5.91 Å². The van der Waals surface area contributed by atoms with Crippen molar-refractivity contribution in [3.63, 3.8) is 0 Å². The predicted molar refractivity (Wildman–Crippen MR) is 76.1 cm³/mol. The van der Waals surface area contributed by atoms with Gasteiger partial charge in [-0.1, -0.05) is 19.1 Å². The van der Waals surface area contributed by atoms with Crippen LogP contribution in [0.2, 0.25) is 0 Å². The van der Waals surface area contributed by atoms with Gasteiger partial charge in [0.05, 0.1) is 11.9 Å². The van der Waals surface area contributed by atoms with E-state index in [0.717, 1.165) is 18.7 Å². The highest BCUT2D eigenvalue weighted by Gasteiger charge is 2.05. The van der Waals surface area contributed by atoms with Crippen LogP contribution in [0.5, 0.6) is 0 Å². The van der Waals surface area contributed by atoms with Crippen molar-refractivity contribution in [1.82, 2.24) is 25.6 Å². The molecule has 1 aromatic heterocycles. The van der Waals surface area contributed by atoms with Crippen LogP contribution >= 0.6 is 0 Å². The van der Waals surface area contributed by atoms with Gasteiger partial charge in [0.25, 0.3) is 0 Å². The Labute approximate surface area is 120 Å². The van der Waals surface area contributed by atoms with Crippen LogP contribution in [0, 0.1) is 5.92 Å². The first kappa shape index (κ1) is 16.6. The highest BCUT2D eigenvalue weighted by atomic mass is 16.5. The Hall–Kier alpha value is -1.47. The maximum atomic E-state index is 11.6. The maximum Gasteiger partial charge on any atom is 0.241 e. The number of amides is 1. The molecule has 0 bridgehead atoms. The molecule has 7 nitrogen and oxygen atoms in total. The number of hydrogen-bond acceptors (Lipinski definition) is 5. The summed E-state index contributed by atoms with van der Waals surface area (Å²) in [7, 11) is 1.64. The first-order valence-electron chi connectivity index (χ1n) is 6.97. The summed E-state index contributed by atoms with van der Waals surface area (Å²) in [4.78, 5) is 11.6. The average Bonchev–Trinajstić information content (AvgIpc) is 2.82. The normalized spacial score (nSPS) is 11.0.